The van der Waals surface area contributed by atoms with Crippen LogP contribution in [0.25, 0.3) is 0 Å². The van der Waals surface area contributed by atoms with Crippen molar-refractivity contribution >= 4 is 33.8 Å². The van der Waals surface area contributed by atoms with Gasteiger partial charge in [-0.1, -0.05) is 17.7 Å². The molecule has 28 heavy (non-hydrogen) atoms. The molecule has 0 bridgehead atoms. The van der Waals surface area contributed by atoms with Crippen LogP contribution in [0.4, 0.5) is 10.7 Å². The van der Waals surface area contributed by atoms with Gasteiger partial charge in [0.2, 0.25) is 0 Å². The van der Waals surface area contributed by atoms with Crippen LogP contribution < -0.4 is 15.5 Å². The Hall–Kier alpha value is -2.18. The van der Waals surface area contributed by atoms with Gasteiger partial charge in [-0.3, -0.25) is 9.59 Å². The van der Waals surface area contributed by atoms with E-state index in [0.717, 1.165) is 54.2 Å². The number of likely N-dealkylation sites (tertiary alicyclic amines) is 1. The summed E-state index contributed by atoms with van der Waals surface area (Å²) in [4.78, 5) is 28.3. The van der Waals surface area contributed by atoms with Crippen molar-refractivity contribution in [2.45, 2.75) is 46.0 Å². The molecule has 0 saturated carbocycles. The third-order valence-corrected chi connectivity index (χ3v) is 6.96. The molecule has 1 aromatic carbocycles. The van der Waals surface area contributed by atoms with E-state index in [-0.39, 0.29) is 11.8 Å². The molecule has 0 spiro atoms. The molecule has 0 radical (unpaired) electrons. The van der Waals surface area contributed by atoms with Crippen molar-refractivity contribution in [1.82, 2.24) is 0 Å². The van der Waals surface area contributed by atoms with Crippen molar-refractivity contribution in [2.75, 3.05) is 30.3 Å². The molecule has 1 aliphatic carbocycles. The molecule has 1 saturated heterocycles. The summed E-state index contributed by atoms with van der Waals surface area (Å²) < 4.78 is 0. The summed E-state index contributed by atoms with van der Waals surface area (Å²) in [6.07, 6.45) is 5.38. The Morgan fingerprint density at radius 2 is 1.86 bits per heavy atom. The molecule has 2 amide bonds. The largest absolute Gasteiger partial charge is 0.327 e. The minimum atomic E-state index is -0.116. The lowest BCUT2D eigenvalue weighted by Crippen LogP contribution is -3.11. The molecule has 6 heteroatoms. The fourth-order valence-corrected chi connectivity index (χ4v) is 5.62. The Morgan fingerprint density at radius 1 is 1.07 bits per heavy atom. The highest BCUT2D eigenvalue weighted by Crippen LogP contribution is 2.39. The number of quaternary nitrogens is 1. The van der Waals surface area contributed by atoms with Gasteiger partial charge in [-0.25, -0.2) is 0 Å². The van der Waals surface area contributed by atoms with Gasteiger partial charge in [-0.05, 0) is 50.3 Å². The number of thiophene rings is 1. The number of aryl methyl sites for hydroxylation is 3. The lowest BCUT2D eigenvalue weighted by Gasteiger charge is -2.13. The number of fused-ring (bicyclic) bond motifs is 1. The summed E-state index contributed by atoms with van der Waals surface area (Å²) >= 11 is 1.58. The maximum atomic E-state index is 13.2. The van der Waals surface area contributed by atoms with Gasteiger partial charge in [0, 0.05) is 23.4 Å². The van der Waals surface area contributed by atoms with Crippen molar-refractivity contribution in [3.05, 3.63) is 45.3 Å². The summed E-state index contributed by atoms with van der Waals surface area (Å²) in [5.41, 5.74) is 4.83. The molecule has 0 unspecified atom stereocenters. The highest BCUT2D eigenvalue weighted by atomic mass is 32.1. The number of amides is 2. The minimum Gasteiger partial charge on any atom is -0.327 e. The Morgan fingerprint density at radius 3 is 2.61 bits per heavy atom. The van der Waals surface area contributed by atoms with Gasteiger partial charge in [0.15, 0.2) is 6.54 Å². The Labute approximate surface area is 170 Å². The average molecular weight is 399 g/mol. The molecule has 1 aliphatic heterocycles. The topological polar surface area (TPSA) is 62.6 Å². The molecule has 1 fully saturated rings. The monoisotopic (exact) mass is 398 g/mol. The number of rotatable bonds is 5. The van der Waals surface area contributed by atoms with E-state index in [4.69, 9.17) is 0 Å². The summed E-state index contributed by atoms with van der Waals surface area (Å²) in [7, 11) is 0. The Bertz CT molecular complexity index is 913. The van der Waals surface area contributed by atoms with Gasteiger partial charge in [-0.15, -0.1) is 11.3 Å². The molecule has 2 aromatic rings. The van der Waals surface area contributed by atoms with E-state index in [2.05, 4.69) is 16.7 Å². The number of hydrogen-bond acceptors (Lipinski definition) is 3. The van der Waals surface area contributed by atoms with Crippen LogP contribution in [0, 0.1) is 13.8 Å². The molecule has 2 aliphatic rings. The third-order valence-electron chi connectivity index (χ3n) is 5.75. The normalized spacial score (nSPS) is 16.2. The maximum Gasteiger partial charge on any atom is 0.280 e. The molecule has 1 aromatic heterocycles. The van der Waals surface area contributed by atoms with Crippen molar-refractivity contribution in [3.63, 3.8) is 0 Å². The first-order chi connectivity index (χ1) is 13.5. The van der Waals surface area contributed by atoms with Crippen LogP contribution in [0.3, 0.4) is 0 Å². The van der Waals surface area contributed by atoms with Crippen LogP contribution in [0.5, 0.6) is 0 Å². The first kappa shape index (κ1) is 19.2. The van der Waals surface area contributed by atoms with Crippen molar-refractivity contribution < 1.29 is 14.5 Å². The number of anilines is 2. The molecule has 5 nitrogen and oxygen atoms in total. The average Bonchev–Trinajstić information content (AvgIpc) is 3.35. The van der Waals surface area contributed by atoms with E-state index in [9.17, 15) is 9.59 Å². The molecular weight excluding hydrogens is 370 g/mol. The van der Waals surface area contributed by atoms with Crippen LogP contribution in [0.1, 0.15) is 51.2 Å². The van der Waals surface area contributed by atoms with E-state index in [1.165, 1.54) is 28.2 Å². The first-order valence-electron chi connectivity index (χ1n) is 10.2. The van der Waals surface area contributed by atoms with E-state index >= 15 is 0 Å². The molecule has 3 N–H and O–H groups in total. The van der Waals surface area contributed by atoms with Crippen LogP contribution in [0.2, 0.25) is 0 Å². The first-order valence-corrected chi connectivity index (χ1v) is 11.0. The minimum absolute atomic E-state index is 0.0115. The van der Waals surface area contributed by atoms with E-state index in [1.54, 1.807) is 11.3 Å². The molecule has 0 atom stereocenters. The highest BCUT2D eigenvalue weighted by molar-refractivity contribution is 7.17. The zero-order valence-electron chi connectivity index (χ0n) is 16.6. The van der Waals surface area contributed by atoms with Crippen LogP contribution >= 0.6 is 11.3 Å². The summed E-state index contributed by atoms with van der Waals surface area (Å²) in [6, 6.07) is 6.02. The van der Waals surface area contributed by atoms with Crippen molar-refractivity contribution in [1.29, 1.82) is 0 Å². The molecule has 4 rings (SSSR count). The number of nitrogens with one attached hydrogen (secondary N) is 3. The summed E-state index contributed by atoms with van der Waals surface area (Å²) in [5.74, 6) is -0.104. The Kier molecular flexibility index (Phi) is 5.51. The fraction of sp³-hybridized carbons (Fsp3) is 0.455. The number of carbonyl (C=O) groups excluding carboxylic acids is 2. The summed E-state index contributed by atoms with van der Waals surface area (Å²) in [5, 5.41) is 6.84. The second-order valence-corrected chi connectivity index (χ2v) is 9.12. The van der Waals surface area contributed by atoms with Gasteiger partial charge in [-0.2, -0.15) is 0 Å². The van der Waals surface area contributed by atoms with Gasteiger partial charge < -0.3 is 15.5 Å². The number of hydrogen-bond donors (Lipinski definition) is 3. The smallest absolute Gasteiger partial charge is 0.280 e. The zero-order chi connectivity index (χ0) is 19.7. The van der Waals surface area contributed by atoms with Gasteiger partial charge >= 0.3 is 0 Å². The SMILES string of the molecule is Cc1ccc(NC(=O)c2c(NC(=O)C[NH+]3CCCC3)sc3c2CCC3)c(C)c1. The predicted octanol–water partition coefficient (Wildman–Crippen LogP) is 2.72. The van der Waals surface area contributed by atoms with E-state index in [0.29, 0.717) is 12.1 Å². The number of carbonyl (C=O) groups is 2. The lowest BCUT2D eigenvalue weighted by atomic mass is 10.1. The number of benzene rings is 1. The van der Waals surface area contributed by atoms with Crippen molar-refractivity contribution in [2.24, 2.45) is 0 Å². The predicted molar refractivity (Wildman–Crippen MR) is 114 cm³/mol. The van der Waals surface area contributed by atoms with E-state index < -0.39 is 0 Å². The fourth-order valence-electron chi connectivity index (χ4n) is 4.32. The van der Waals surface area contributed by atoms with Crippen LogP contribution in [-0.4, -0.2) is 31.4 Å². The van der Waals surface area contributed by atoms with Crippen LogP contribution in [-0.2, 0) is 17.6 Å². The standard InChI is InChI=1S/C22H27N3O2S/c1-14-8-9-17(15(2)12-14)23-21(27)20-16-6-5-7-18(16)28-22(20)24-19(26)13-25-10-3-4-11-25/h8-9,12H,3-7,10-11,13H2,1-2H3,(H,23,27)(H,24,26)/p+1. The zero-order valence-corrected chi connectivity index (χ0v) is 17.4. The molecular formula is C22H28N3O2S+. The van der Waals surface area contributed by atoms with Gasteiger partial charge in [0.05, 0.1) is 18.7 Å². The second kappa shape index (κ2) is 8.05. The van der Waals surface area contributed by atoms with Crippen molar-refractivity contribution in [3.8, 4) is 0 Å². The van der Waals surface area contributed by atoms with Gasteiger partial charge in [0.1, 0.15) is 5.00 Å². The van der Waals surface area contributed by atoms with Crippen LogP contribution in [0.15, 0.2) is 18.2 Å². The second-order valence-electron chi connectivity index (χ2n) is 8.02. The lowest BCUT2D eigenvalue weighted by molar-refractivity contribution is -0.878. The molecule has 148 valence electrons. The highest BCUT2D eigenvalue weighted by Gasteiger charge is 2.28. The van der Waals surface area contributed by atoms with Gasteiger partial charge in [0.25, 0.3) is 11.8 Å². The van der Waals surface area contributed by atoms with E-state index in [1.807, 2.05) is 26.0 Å². The quantitative estimate of drug-likeness (QED) is 0.725. The maximum absolute atomic E-state index is 13.2. The summed E-state index contributed by atoms with van der Waals surface area (Å²) in [6.45, 7) is 6.66. The Balaban J connectivity index is 1.55. The molecule has 2 heterocycles. The third kappa shape index (κ3) is 3.98.